The third kappa shape index (κ3) is 5.07. The molecular weight excluding hydrogens is 366 g/mol. The number of piperidine rings is 1. The monoisotopic (exact) mass is 397 g/mol. The Balaban J connectivity index is 1.46. The SMILES string of the molecule is COc1ccc(CN2CCC(CNC(=O)c3[nH]c(C)c(C(C)=O)c3C)CC2)cc1. The van der Waals surface area contributed by atoms with Crippen molar-refractivity contribution in [3.05, 3.63) is 52.3 Å². The van der Waals surface area contributed by atoms with E-state index in [4.69, 9.17) is 4.74 Å². The number of aryl methyl sites for hydroxylation is 1. The molecule has 29 heavy (non-hydrogen) atoms. The Kier molecular flexibility index (Phi) is 6.75. The lowest BCUT2D eigenvalue weighted by Gasteiger charge is -2.32. The van der Waals surface area contributed by atoms with Crippen molar-refractivity contribution in [2.75, 3.05) is 26.7 Å². The quantitative estimate of drug-likeness (QED) is 0.702. The van der Waals surface area contributed by atoms with Crippen molar-refractivity contribution in [2.24, 2.45) is 5.92 Å². The molecule has 1 aliphatic heterocycles. The first kappa shape index (κ1) is 21.1. The van der Waals surface area contributed by atoms with Gasteiger partial charge in [-0.2, -0.15) is 0 Å². The Morgan fingerprint density at radius 3 is 2.38 bits per heavy atom. The van der Waals surface area contributed by atoms with Crippen molar-refractivity contribution >= 4 is 11.7 Å². The van der Waals surface area contributed by atoms with Gasteiger partial charge in [0.25, 0.3) is 5.91 Å². The van der Waals surface area contributed by atoms with Crippen LogP contribution in [0.1, 0.15) is 57.4 Å². The molecule has 2 aromatic rings. The van der Waals surface area contributed by atoms with E-state index in [2.05, 4.69) is 27.3 Å². The number of nitrogens with one attached hydrogen (secondary N) is 2. The first-order valence-corrected chi connectivity index (χ1v) is 10.2. The van der Waals surface area contributed by atoms with Crippen molar-refractivity contribution in [1.82, 2.24) is 15.2 Å². The molecule has 0 radical (unpaired) electrons. The number of likely N-dealkylation sites (tertiary alicyclic amines) is 1. The molecule has 3 rings (SSSR count). The fourth-order valence-corrected chi connectivity index (χ4v) is 4.17. The zero-order valence-electron chi connectivity index (χ0n) is 17.8. The van der Waals surface area contributed by atoms with Gasteiger partial charge in [0.2, 0.25) is 0 Å². The van der Waals surface area contributed by atoms with Crippen LogP contribution in [0, 0.1) is 19.8 Å². The van der Waals surface area contributed by atoms with Crippen molar-refractivity contribution in [3.63, 3.8) is 0 Å². The standard InChI is InChI=1S/C23H31N3O3/c1-15-21(17(3)27)16(2)25-22(15)23(28)24-13-18-9-11-26(12-10-18)14-19-5-7-20(29-4)8-6-19/h5-8,18,25H,9-14H2,1-4H3,(H,24,28). The fraction of sp³-hybridized carbons (Fsp3) is 0.478. The van der Waals surface area contributed by atoms with Crippen LogP contribution in [0.3, 0.4) is 0 Å². The molecule has 2 N–H and O–H groups in total. The smallest absolute Gasteiger partial charge is 0.268 e. The summed E-state index contributed by atoms with van der Waals surface area (Å²) in [5, 5.41) is 3.05. The van der Waals surface area contributed by atoms with Crippen LogP contribution in [0.25, 0.3) is 0 Å². The summed E-state index contributed by atoms with van der Waals surface area (Å²) < 4.78 is 5.21. The molecule has 6 nitrogen and oxygen atoms in total. The van der Waals surface area contributed by atoms with E-state index < -0.39 is 0 Å². The van der Waals surface area contributed by atoms with E-state index in [1.165, 1.54) is 12.5 Å². The molecule has 2 heterocycles. The van der Waals surface area contributed by atoms with Gasteiger partial charge in [0.05, 0.1) is 7.11 Å². The minimum absolute atomic E-state index is 0.0143. The maximum Gasteiger partial charge on any atom is 0.268 e. The first-order valence-electron chi connectivity index (χ1n) is 10.2. The van der Waals surface area contributed by atoms with Gasteiger partial charge in [0.15, 0.2) is 5.78 Å². The number of aromatic amines is 1. The largest absolute Gasteiger partial charge is 0.497 e. The summed E-state index contributed by atoms with van der Waals surface area (Å²) >= 11 is 0. The van der Waals surface area contributed by atoms with Gasteiger partial charge in [0, 0.05) is 24.3 Å². The van der Waals surface area contributed by atoms with Gasteiger partial charge in [0.1, 0.15) is 11.4 Å². The molecule has 0 unspecified atom stereocenters. The van der Waals surface area contributed by atoms with Crippen molar-refractivity contribution < 1.29 is 14.3 Å². The van der Waals surface area contributed by atoms with E-state index in [0.29, 0.717) is 23.7 Å². The summed E-state index contributed by atoms with van der Waals surface area (Å²) in [5.41, 5.74) is 3.91. The van der Waals surface area contributed by atoms with Gasteiger partial charge < -0.3 is 15.0 Å². The highest BCUT2D eigenvalue weighted by Gasteiger charge is 2.23. The van der Waals surface area contributed by atoms with Gasteiger partial charge in [-0.15, -0.1) is 0 Å². The second-order valence-corrected chi connectivity index (χ2v) is 7.96. The molecule has 0 saturated carbocycles. The molecule has 0 spiro atoms. The average molecular weight is 398 g/mol. The number of ketones is 1. The number of hydrogen-bond acceptors (Lipinski definition) is 4. The van der Waals surface area contributed by atoms with Gasteiger partial charge >= 0.3 is 0 Å². The predicted octanol–water partition coefficient (Wildman–Crippen LogP) is 3.48. The third-order valence-corrected chi connectivity index (χ3v) is 5.84. The lowest BCUT2D eigenvalue weighted by atomic mass is 9.96. The molecule has 0 aliphatic carbocycles. The van der Waals surface area contributed by atoms with E-state index in [-0.39, 0.29) is 11.7 Å². The zero-order valence-corrected chi connectivity index (χ0v) is 17.8. The predicted molar refractivity (Wildman–Crippen MR) is 114 cm³/mol. The van der Waals surface area contributed by atoms with Crippen molar-refractivity contribution in [3.8, 4) is 5.75 Å². The molecule has 0 atom stereocenters. The summed E-state index contributed by atoms with van der Waals surface area (Å²) in [6.45, 7) is 8.86. The number of carbonyl (C=O) groups is 2. The zero-order chi connectivity index (χ0) is 21.0. The number of Topliss-reactive ketones (excluding diaryl/α,β-unsaturated/α-hetero) is 1. The Morgan fingerprint density at radius 1 is 1.17 bits per heavy atom. The molecule has 1 aliphatic rings. The number of carbonyl (C=O) groups excluding carboxylic acids is 2. The maximum absolute atomic E-state index is 12.6. The van der Waals surface area contributed by atoms with Crippen LogP contribution in [-0.4, -0.2) is 48.3 Å². The molecule has 1 saturated heterocycles. The Hall–Kier alpha value is -2.60. The number of nitrogens with zero attached hydrogens (tertiary/aromatic N) is 1. The molecular formula is C23H31N3O3. The topological polar surface area (TPSA) is 74.4 Å². The minimum Gasteiger partial charge on any atom is -0.497 e. The van der Waals surface area contributed by atoms with Crippen LogP contribution < -0.4 is 10.1 Å². The number of methoxy groups -OCH3 is 1. The first-order chi connectivity index (χ1) is 13.9. The highest BCUT2D eigenvalue weighted by atomic mass is 16.5. The summed E-state index contributed by atoms with van der Waals surface area (Å²) in [4.78, 5) is 29.9. The summed E-state index contributed by atoms with van der Waals surface area (Å²) in [6.07, 6.45) is 2.13. The van der Waals surface area contributed by atoms with Crippen LogP contribution in [0.5, 0.6) is 5.75 Å². The minimum atomic E-state index is -0.126. The number of benzene rings is 1. The lowest BCUT2D eigenvalue weighted by molar-refractivity contribution is 0.0930. The molecule has 0 bridgehead atoms. The Morgan fingerprint density at radius 2 is 1.83 bits per heavy atom. The van der Waals surface area contributed by atoms with Gasteiger partial charge in [-0.05, 0) is 75.9 Å². The molecule has 1 fully saturated rings. The van der Waals surface area contributed by atoms with E-state index >= 15 is 0 Å². The molecule has 1 amide bonds. The van der Waals surface area contributed by atoms with E-state index in [1.54, 1.807) is 7.11 Å². The fourth-order valence-electron chi connectivity index (χ4n) is 4.17. The summed E-state index contributed by atoms with van der Waals surface area (Å²) in [7, 11) is 1.68. The molecule has 1 aromatic heterocycles. The van der Waals surface area contributed by atoms with E-state index in [1.807, 2.05) is 26.0 Å². The lowest BCUT2D eigenvalue weighted by Crippen LogP contribution is -2.38. The van der Waals surface area contributed by atoms with Crippen LogP contribution in [-0.2, 0) is 6.54 Å². The van der Waals surface area contributed by atoms with Crippen molar-refractivity contribution in [1.29, 1.82) is 0 Å². The van der Waals surface area contributed by atoms with Crippen LogP contribution in [0.2, 0.25) is 0 Å². The van der Waals surface area contributed by atoms with E-state index in [9.17, 15) is 9.59 Å². The Labute approximate surface area is 172 Å². The molecule has 6 heteroatoms. The highest BCUT2D eigenvalue weighted by Crippen LogP contribution is 2.21. The number of hydrogen-bond donors (Lipinski definition) is 2. The second-order valence-electron chi connectivity index (χ2n) is 7.96. The second kappa shape index (κ2) is 9.27. The number of aromatic nitrogens is 1. The van der Waals surface area contributed by atoms with E-state index in [0.717, 1.165) is 49.5 Å². The summed E-state index contributed by atoms with van der Waals surface area (Å²) in [5.74, 6) is 1.22. The van der Waals surface area contributed by atoms with Crippen LogP contribution in [0.4, 0.5) is 0 Å². The number of amides is 1. The van der Waals surface area contributed by atoms with Gasteiger partial charge in [-0.1, -0.05) is 12.1 Å². The highest BCUT2D eigenvalue weighted by molar-refractivity contribution is 6.02. The number of rotatable bonds is 7. The van der Waals surface area contributed by atoms with Crippen LogP contribution in [0.15, 0.2) is 24.3 Å². The molecule has 156 valence electrons. The molecule has 1 aromatic carbocycles. The van der Waals surface area contributed by atoms with Crippen molar-refractivity contribution in [2.45, 2.75) is 40.2 Å². The Bertz CT molecular complexity index is 862. The average Bonchev–Trinajstić information content (AvgIpc) is 3.02. The maximum atomic E-state index is 12.6. The normalized spacial score (nSPS) is 15.3. The van der Waals surface area contributed by atoms with Gasteiger partial charge in [-0.25, -0.2) is 0 Å². The number of H-pyrrole nitrogens is 1. The van der Waals surface area contributed by atoms with Gasteiger partial charge in [-0.3, -0.25) is 14.5 Å². The van der Waals surface area contributed by atoms with Crippen LogP contribution >= 0.6 is 0 Å². The summed E-state index contributed by atoms with van der Waals surface area (Å²) in [6, 6.07) is 8.22. The third-order valence-electron chi connectivity index (χ3n) is 5.84. The number of ether oxygens (including phenoxy) is 1.